The Kier molecular flexibility index (Phi) is 17.3. The summed E-state index contributed by atoms with van der Waals surface area (Å²) in [6.45, 7) is 15.4. The van der Waals surface area contributed by atoms with Crippen LogP contribution in [0.15, 0.2) is 18.2 Å². The zero-order valence-electron chi connectivity index (χ0n) is 17.9. The quantitative estimate of drug-likeness (QED) is 0.288. The van der Waals surface area contributed by atoms with Crippen LogP contribution in [0.25, 0.3) is 10.6 Å². The number of likely N-dealkylation sites (N-methyl/N-ethyl adjacent to an activating group) is 1. The van der Waals surface area contributed by atoms with Gasteiger partial charge < -0.3 is 32.9 Å². The summed E-state index contributed by atoms with van der Waals surface area (Å²) in [6, 6.07) is 6.78. The van der Waals surface area contributed by atoms with E-state index in [0.29, 0.717) is 11.8 Å². The second kappa shape index (κ2) is 13.1. The Bertz CT molecular complexity index is 413. The van der Waals surface area contributed by atoms with Gasteiger partial charge in [0.1, 0.15) is 0 Å². The molecule has 142 valence electrons. The summed E-state index contributed by atoms with van der Waals surface area (Å²) in [5, 5.41) is 9.52. The molecular weight excluding hydrogens is 459 g/mol. The molecule has 0 aliphatic heterocycles. The summed E-state index contributed by atoms with van der Waals surface area (Å²) in [5.74, 6) is 0.967. The van der Waals surface area contributed by atoms with Crippen molar-refractivity contribution in [2.75, 3.05) is 7.05 Å². The van der Waals surface area contributed by atoms with Crippen LogP contribution in [0.3, 0.4) is 0 Å². The third-order valence-corrected chi connectivity index (χ3v) is 4.15. The Labute approximate surface area is 172 Å². The van der Waals surface area contributed by atoms with Gasteiger partial charge in [0.05, 0.1) is 0 Å². The molecule has 0 heterocycles. The molecule has 1 aromatic rings. The summed E-state index contributed by atoms with van der Waals surface area (Å²) in [6.07, 6.45) is 0. The van der Waals surface area contributed by atoms with Crippen molar-refractivity contribution in [3.63, 3.8) is 0 Å². The Morgan fingerprint density at radius 1 is 0.833 bits per heavy atom. The van der Waals surface area contributed by atoms with Crippen LogP contribution < -0.4 is 0 Å². The van der Waals surface area contributed by atoms with Crippen LogP contribution in [0.5, 0.6) is 0 Å². The minimum absolute atomic E-state index is 0. The summed E-state index contributed by atoms with van der Waals surface area (Å²) in [4.78, 5) is 0. The third-order valence-electron chi connectivity index (χ3n) is 4.15. The van der Waals surface area contributed by atoms with Crippen LogP contribution in [0.4, 0.5) is 5.69 Å². The van der Waals surface area contributed by atoms with E-state index in [1.807, 2.05) is 7.05 Å². The van der Waals surface area contributed by atoms with Crippen LogP contribution in [-0.2, 0) is 25.8 Å². The Balaban J connectivity index is -0.000000500. The van der Waals surface area contributed by atoms with E-state index in [9.17, 15) is 0 Å². The van der Waals surface area contributed by atoms with Crippen LogP contribution in [-0.4, -0.2) is 18.6 Å². The first-order valence-electron chi connectivity index (χ1n) is 7.65. The molecule has 0 radical (unpaired) electrons. The van der Waals surface area contributed by atoms with Crippen molar-refractivity contribution in [2.24, 2.45) is 0 Å². The van der Waals surface area contributed by atoms with Gasteiger partial charge in [-0.05, 0) is 11.8 Å². The normalized spacial score (nSPS) is 11.6. The Morgan fingerprint density at radius 3 is 1.50 bits per heavy atom. The first-order valence-corrected chi connectivity index (χ1v) is 7.65. The minimum Gasteiger partial charge on any atom is -0.680 e. The smallest absolute Gasteiger partial charge is 0 e. The molecule has 0 aliphatic rings. The molecule has 0 fully saturated rings. The van der Waals surface area contributed by atoms with Crippen molar-refractivity contribution in [1.29, 1.82) is 0 Å². The van der Waals surface area contributed by atoms with Crippen LogP contribution in [0.1, 0.15) is 71.4 Å². The first-order chi connectivity index (χ1) is 9.20. The summed E-state index contributed by atoms with van der Waals surface area (Å²) >= 11 is 0. The van der Waals surface area contributed by atoms with Crippen molar-refractivity contribution < 1.29 is 25.8 Å². The van der Waals surface area contributed by atoms with E-state index in [-0.39, 0.29) is 59.7 Å². The van der Waals surface area contributed by atoms with Gasteiger partial charge in [0.2, 0.25) is 0 Å². The summed E-state index contributed by atoms with van der Waals surface area (Å²) < 4.78 is 0. The number of nitrogens with zero attached hydrogens (tertiary/aromatic N) is 2. The summed E-state index contributed by atoms with van der Waals surface area (Å²) in [5.41, 5.74) is 3.68. The van der Waals surface area contributed by atoms with Crippen molar-refractivity contribution in [3.8, 4) is 0 Å². The van der Waals surface area contributed by atoms with E-state index in [1.54, 1.807) is 0 Å². The van der Waals surface area contributed by atoms with E-state index < -0.39 is 0 Å². The van der Waals surface area contributed by atoms with Crippen molar-refractivity contribution in [2.45, 2.75) is 71.9 Å². The Hall–Kier alpha value is -0.150. The van der Waals surface area contributed by atoms with Crippen molar-refractivity contribution in [3.05, 3.63) is 62.2 Å². The van der Waals surface area contributed by atoms with E-state index >= 15 is 0 Å². The van der Waals surface area contributed by atoms with Gasteiger partial charge >= 0.3 is 0 Å². The number of hydrogen-bond donors (Lipinski definition) is 0. The Morgan fingerprint density at radius 2 is 1.21 bits per heavy atom. The molecule has 2 nitrogen and oxygen atoms in total. The van der Waals surface area contributed by atoms with Gasteiger partial charge in [-0.3, -0.25) is 0 Å². The maximum absolute atomic E-state index is 5.11. The molecule has 0 N–H and O–H groups in total. The van der Waals surface area contributed by atoms with Gasteiger partial charge in [0.15, 0.2) is 0 Å². The topological polar surface area (TPSA) is 28.2 Å². The van der Waals surface area contributed by atoms with Crippen LogP contribution >= 0.6 is 0 Å². The zero-order chi connectivity index (χ0) is 15.5. The van der Waals surface area contributed by atoms with Crippen molar-refractivity contribution in [1.82, 2.24) is 0 Å². The number of hydrogen-bond acceptors (Lipinski definition) is 0. The second-order valence-electron chi connectivity index (χ2n) is 6.79. The van der Waals surface area contributed by atoms with E-state index in [1.165, 1.54) is 16.8 Å². The molecule has 3 heteroatoms. The maximum atomic E-state index is 5.11. The molecule has 0 spiro atoms. The zero-order valence-corrected chi connectivity index (χ0v) is 21.5. The molecule has 24 heavy (non-hydrogen) atoms. The van der Waals surface area contributed by atoms with Crippen molar-refractivity contribution >= 4 is 5.69 Å². The third kappa shape index (κ3) is 7.82. The van der Waals surface area contributed by atoms with Gasteiger partial charge in [-0.15, -0.1) is 11.2 Å². The average molecular weight is 498 g/mol. The molecular formula is C21H39HfN2-5. The molecule has 1 unspecified atom stereocenters. The second-order valence-corrected chi connectivity index (χ2v) is 6.79. The number of rotatable bonds is 6. The van der Waals surface area contributed by atoms with Gasteiger partial charge in [-0.25, -0.2) is 0 Å². The fourth-order valence-electron chi connectivity index (χ4n) is 2.34. The van der Waals surface area contributed by atoms with Gasteiger partial charge in [-0.2, -0.15) is 13.1 Å². The fraction of sp³-hybridized carbons (Fsp3) is 0.571. The maximum Gasteiger partial charge on any atom is 0 e. The van der Waals surface area contributed by atoms with E-state index in [2.05, 4.69) is 72.0 Å². The fourth-order valence-corrected chi connectivity index (χ4v) is 2.34. The standard InChI is InChI=1S/C18H30N2.3CH3.Hf/c1-12(2)15-10-9-11-16(13(3)4)17(15)20-18(6,7)14(5)19-8;;;;/h9-14H,1-8H3;3*1H3;/q-2;3*-1;. The predicted molar refractivity (Wildman–Crippen MR) is 110 cm³/mol. The van der Waals surface area contributed by atoms with Gasteiger partial charge in [0.25, 0.3) is 0 Å². The summed E-state index contributed by atoms with van der Waals surface area (Å²) in [7, 11) is 1.87. The monoisotopic (exact) mass is 499 g/mol. The van der Waals surface area contributed by atoms with Crippen LogP contribution in [0.2, 0.25) is 0 Å². The molecule has 0 saturated carbocycles. The predicted octanol–water partition coefficient (Wildman–Crippen LogP) is 7.46. The molecule has 0 aromatic heterocycles. The molecule has 1 atom stereocenters. The number of benzene rings is 1. The minimum atomic E-state index is -0.177. The largest absolute Gasteiger partial charge is 0.680 e. The van der Waals surface area contributed by atoms with Crippen LogP contribution in [0, 0.1) is 22.3 Å². The van der Waals surface area contributed by atoms with E-state index in [4.69, 9.17) is 5.32 Å². The number of para-hydroxylation sites is 1. The molecule has 0 aliphatic carbocycles. The van der Waals surface area contributed by atoms with E-state index in [0.717, 1.165) is 0 Å². The van der Waals surface area contributed by atoms with Gasteiger partial charge in [-0.1, -0.05) is 77.8 Å². The molecule has 0 amide bonds. The SMILES string of the molecule is C[N-]C(C)C(C)(C)[N-]c1c(C(C)C)cccc1C(C)C.[CH3-].[CH3-].[CH3-].[Hf]. The molecule has 1 rings (SSSR count). The van der Waals surface area contributed by atoms with Gasteiger partial charge in [0, 0.05) is 25.8 Å². The molecule has 1 aromatic carbocycles. The molecule has 0 saturated heterocycles. The average Bonchev–Trinajstić information content (AvgIpc) is 2.36. The molecule has 0 bridgehead atoms. The first kappa shape index (κ1) is 31.6.